The van der Waals surface area contributed by atoms with Crippen LogP contribution < -0.4 is 4.90 Å². The molecule has 0 amide bonds. The van der Waals surface area contributed by atoms with Crippen molar-refractivity contribution >= 4 is 16.7 Å². The Kier molecular flexibility index (Phi) is 10.8. The Balaban J connectivity index is 1.25. The minimum absolute atomic E-state index is 0.702. The molecule has 0 spiro atoms. The molecule has 0 N–H and O–H groups in total. The van der Waals surface area contributed by atoms with Crippen LogP contribution in [0.25, 0.3) is 10.9 Å². The van der Waals surface area contributed by atoms with Gasteiger partial charge >= 0.3 is 0 Å². The Labute approximate surface area is 238 Å². The maximum Gasteiger partial charge on any atom is 0.139 e. The average molecular weight is 528 g/mol. The smallest absolute Gasteiger partial charge is 0.139 e. The fourth-order valence-corrected chi connectivity index (χ4v) is 6.92. The van der Waals surface area contributed by atoms with E-state index in [1.807, 2.05) is 0 Å². The highest BCUT2D eigenvalue weighted by atomic mass is 15.1. The molecule has 0 bridgehead atoms. The van der Waals surface area contributed by atoms with Crippen molar-refractivity contribution in [3.63, 3.8) is 0 Å². The lowest BCUT2D eigenvalue weighted by Crippen LogP contribution is -2.25. The van der Waals surface area contributed by atoms with Crippen LogP contribution in [0.1, 0.15) is 103 Å². The maximum atomic E-state index is 4.92. The molecule has 3 atom stereocenters. The first-order valence-corrected chi connectivity index (χ1v) is 15.8. The number of benzene rings is 2. The number of para-hydroxylation sites is 1. The molecule has 1 aliphatic carbocycles. The summed E-state index contributed by atoms with van der Waals surface area (Å²) in [4.78, 5) is 11.9. The lowest BCUT2D eigenvalue weighted by molar-refractivity contribution is 0.157. The molecule has 2 unspecified atom stereocenters. The van der Waals surface area contributed by atoms with Gasteiger partial charge in [-0.05, 0) is 85.3 Å². The number of fused-ring (bicyclic) bond motifs is 1. The lowest BCUT2D eigenvalue weighted by Gasteiger charge is -2.36. The molecule has 1 saturated carbocycles. The number of anilines is 1. The molecule has 212 valence electrons. The van der Waals surface area contributed by atoms with Gasteiger partial charge in [-0.15, -0.1) is 0 Å². The first-order valence-electron chi connectivity index (χ1n) is 15.8. The van der Waals surface area contributed by atoms with Gasteiger partial charge in [0.15, 0.2) is 0 Å². The van der Waals surface area contributed by atoms with E-state index in [1.54, 1.807) is 5.56 Å². The fraction of sp³-hybridized carbons (Fsp3) is 0.611. The summed E-state index contributed by atoms with van der Waals surface area (Å²) in [7, 11) is 4.15. The molecular formula is C36H53N3. The number of aryl methyl sites for hydroxylation is 1. The molecular weight excluding hydrogens is 474 g/mol. The molecule has 2 aromatic carbocycles. The van der Waals surface area contributed by atoms with Crippen LogP contribution in [-0.4, -0.2) is 24.1 Å². The van der Waals surface area contributed by atoms with E-state index in [0.717, 1.165) is 58.6 Å². The Hall–Kier alpha value is -2.42. The van der Waals surface area contributed by atoms with E-state index in [2.05, 4.69) is 101 Å². The Morgan fingerprint density at radius 1 is 0.821 bits per heavy atom. The largest absolute Gasteiger partial charge is 0.362 e. The van der Waals surface area contributed by atoms with E-state index in [9.17, 15) is 0 Å². The van der Waals surface area contributed by atoms with Crippen molar-refractivity contribution in [3.05, 3.63) is 66.0 Å². The summed E-state index contributed by atoms with van der Waals surface area (Å²) in [6.07, 6.45) is 13.1. The number of rotatable bonds is 13. The molecule has 1 fully saturated rings. The van der Waals surface area contributed by atoms with E-state index >= 15 is 0 Å². The van der Waals surface area contributed by atoms with Crippen molar-refractivity contribution in [1.29, 1.82) is 0 Å². The molecule has 1 aliphatic rings. The second-order valence-corrected chi connectivity index (χ2v) is 13.2. The van der Waals surface area contributed by atoms with Gasteiger partial charge in [-0.3, -0.25) is 0 Å². The molecule has 0 saturated heterocycles. The van der Waals surface area contributed by atoms with Crippen molar-refractivity contribution in [2.75, 3.05) is 19.0 Å². The van der Waals surface area contributed by atoms with Crippen LogP contribution in [0.4, 0.5) is 5.82 Å². The zero-order valence-electron chi connectivity index (χ0n) is 25.6. The third-order valence-electron chi connectivity index (χ3n) is 9.62. The summed E-state index contributed by atoms with van der Waals surface area (Å²) < 4.78 is 0. The van der Waals surface area contributed by atoms with Crippen LogP contribution in [-0.2, 0) is 6.42 Å². The quantitative estimate of drug-likeness (QED) is 0.221. The van der Waals surface area contributed by atoms with E-state index in [0.29, 0.717) is 5.92 Å². The summed E-state index contributed by atoms with van der Waals surface area (Å²) in [6.45, 7) is 9.82. The predicted octanol–water partition coefficient (Wildman–Crippen LogP) is 9.71. The van der Waals surface area contributed by atoms with Gasteiger partial charge in [0, 0.05) is 25.9 Å². The second-order valence-electron chi connectivity index (χ2n) is 13.2. The SMILES string of the molecule is CC(C)CCC(CC(C)[C@H](C)C1CCC(CCCc2nc(N(C)C)c3ccccc3n2)CC1)c1ccccc1. The van der Waals surface area contributed by atoms with E-state index in [1.165, 1.54) is 57.8 Å². The van der Waals surface area contributed by atoms with E-state index < -0.39 is 0 Å². The summed E-state index contributed by atoms with van der Waals surface area (Å²) in [5, 5.41) is 1.14. The van der Waals surface area contributed by atoms with Gasteiger partial charge in [-0.25, -0.2) is 9.97 Å². The Bertz CT molecular complexity index is 1130. The van der Waals surface area contributed by atoms with Crippen molar-refractivity contribution < 1.29 is 0 Å². The zero-order valence-corrected chi connectivity index (χ0v) is 25.6. The lowest BCUT2D eigenvalue weighted by atomic mass is 9.69. The highest BCUT2D eigenvalue weighted by molar-refractivity contribution is 5.89. The van der Waals surface area contributed by atoms with Gasteiger partial charge in [0.05, 0.1) is 5.52 Å². The molecule has 39 heavy (non-hydrogen) atoms. The average Bonchev–Trinajstić information content (AvgIpc) is 2.95. The van der Waals surface area contributed by atoms with Crippen molar-refractivity contribution in [2.45, 2.75) is 97.8 Å². The third-order valence-corrected chi connectivity index (χ3v) is 9.62. The molecule has 1 aromatic heterocycles. The Morgan fingerprint density at radius 2 is 1.51 bits per heavy atom. The van der Waals surface area contributed by atoms with Crippen LogP contribution in [0, 0.1) is 29.6 Å². The number of nitrogens with zero attached hydrogens (tertiary/aromatic N) is 3. The number of hydrogen-bond donors (Lipinski definition) is 0. The molecule has 3 aromatic rings. The van der Waals surface area contributed by atoms with Crippen LogP contribution in [0.2, 0.25) is 0 Å². The molecule has 3 heteroatoms. The molecule has 3 nitrogen and oxygen atoms in total. The molecule has 1 heterocycles. The van der Waals surface area contributed by atoms with Gasteiger partial charge in [0.1, 0.15) is 11.6 Å². The normalized spacial score (nSPS) is 20.2. The van der Waals surface area contributed by atoms with Crippen molar-refractivity contribution in [2.24, 2.45) is 29.6 Å². The highest BCUT2D eigenvalue weighted by Gasteiger charge is 2.29. The first-order chi connectivity index (χ1) is 18.8. The predicted molar refractivity (Wildman–Crippen MR) is 168 cm³/mol. The standard InChI is InChI=1S/C36H53N3/c1-26(2)19-22-32(31-14-8-7-9-15-31)25-27(3)28(4)30-23-20-29(21-24-30)13-12-18-35-37-34-17-11-10-16-33(34)36(38-35)39(5)6/h7-11,14-17,26-30,32H,12-13,18-25H2,1-6H3/t27?,28-,29?,30?,32?/m0/s1. The second kappa shape index (κ2) is 14.3. The number of aromatic nitrogens is 2. The third kappa shape index (κ3) is 8.29. The van der Waals surface area contributed by atoms with E-state index in [-0.39, 0.29) is 0 Å². The van der Waals surface area contributed by atoms with Crippen LogP contribution in [0.5, 0.6) is 0 Å². The van der Waals surface area contributed by atoms with Gasteiger partial charge in [-0.1, -0.05) is 95.8 Å². The van der Waals surface area contributed by atoms with Crippen LogP contribution >= 0.6 is 0 Å². The highest BCUT2D eigenvalue weighted by Crippen LogP contribution is 2.41. The summed E-state index contributed by atoms with van der Waals surface area (Å²) in [5.41, 5.74) is 2.61. The molecule has 0 aliphatic heterocycles. The van der Waals surface area contributed by atoms with Gasteiger partial charge < -0.3 is 4.90 Å². The summed E-state index contributed by atoms with van der Waals surface area (Å²) >= 11 is 0. The molecule has 0 radical (unpaired) electrons. The summed E-state index contributed by atoms with van der Waals surface area (Å²) in [5.74, 6) is 6.88. The Morgan fingerprint density at radius 3 is 2.21 bits per heavy atom. The van der Waals surface area contributed by atoms with Crippen LogP contribution in [0.15, 0.2) is 54.6 Å². The summed E-state index contributed by atoms with van der Waals surface area (Å²) in [6, 6.07) is 19.7. The van der Waals surface area contributed by atoms with Gasteiger partial charge in [-0.2, -0.15) is 0 Å². The topological polar surface area (TPSA) is 29.0 Å². The number of hydrogen-bond acceptors (Lipinski definition) is 3. The first kappa shape index (κ1) is 29.6. The zero-order chi connectivity index (χ0) is 27.8. The molecule has 4 rings (SSSR count). The minimum Gasteiger partial charge on any atom is -0.362 e. The fourth-order valence-electron chi connectivity index (χ4n) is 6.92. The van der Waals surface area contributed by atoms with Gasteiger partial charge in [0.25, 0.3) is 0 Å². The minimum atomic E-state index is 0.702. The van der Waals surface area contributed by atoms with Crippen LogP contribution in [0.3, 0.4) is 0 Å². The van der Waals surface area contributed by atoms with Gasteiger partial charge in [0.2, 0.25) is 0 Å². The van der Waals surface area contributed by atoms with Crippen molar-refractivity contribution in [3.8, 4) is 0 Å². The maximum absolute atomic E-state index is 4.92. The van der Waals surface area contributed by atoms with E-state index in [4.69, 9.17) is 9.97 Å². The monoisotopic (exact) mass is 527 g/mol. The van der Waals surface area contributed by atoms with Crippen molar-refractivity contribution in [1.82, 2.24) is 9.97 Å².